The molecule has 1 saturated heterocycles. The number of amides is 1. The third-order valence-electron chi connectivity index (χ3n) is 3.07. The molecular weight excluding hydrogens is 232 g/mol. The molecule has 1 aromatic heterocycles. The minimum atomic E-state index is -0.312. The van der Waals surface area contributed by atoms with Gasteiger partial charge in [0.1, 0.15) is 0 Å². The highest BCUT2D eigenvalue weighted by molar-refractivity contribution is 5.99. The largest absolute Gasteiger partial charge is 0.379 e. The number of aryl methyl sites for hydroxylation is 1. The van der Waals surface area contributed by atoms with Gasteiger partial charge in [0.25, 0.3) is 5.91 Å². The molecule has 6 nitrogen and oxygen atoms in total. The number of anilines is 1. The number of nitrogen functional groups attached to an aromatic ring is 1. The Morgan fingerprint density at radius 2 is 2.39 bits per heavy atom. The Morgan fingerprint density at radius 3 is 3.00 bits per heavy atom. The number of nitrogens with zero attached hydrogens (tertiary/aromatic N) is 1. The van der Waals surface area contributed by atoms with Gasteiger partial charge in [-0.15, -0.1) is 0 Å². The number of carbonyl (C=O) groups is 1. The maximum atomic E-state index is 12.2. The van der Waals surface area contributed by atoms with Crippen LogP contribution in [0.5, 0.6) is 0 Å². The average molecular weight is 250 g/mol. The van der Waals surface area contributed by atoms with Gasteiger partial charge in [0.2, 0.25) is 0 Å². The maximum Gasteiger partial charge on any atom is 0.255 e. The fourth-order valence-corrected chi connectivity index (χ4v) is 1.97. The van der Waals surface area contributed by atoms with E-state index in [1.807, 2.05) is 13.8 Å². The lowest BCUT2D eigenvalue weighted by Gasteiger charge is -2.24. The molecule has 1 aromatic rings. The molecule has 0 bridgehead atoms. The van der Waals surface area contributed by atoms with Gasteiger partial charge in [0.05, 0.1) is 23.4 Å². The van der Waals surface area contributed by atoms with Crippen molar-refractivity contribution in [1.82, 2.24) is 10.3 Å². The number of nitrogens with two attached hydrogens (primary N) is 1. The van der Waals surface area contributed by atoms with Gasteiger partial charge in [0.15, 0.2) is 0 Å². The average Bonchev–Trinajstić information content (AvgIpc) is 2.75. The predicted molar refractivity (Wildman–Crippen MR) is 68.1 cm³/mol. The molecule has 1 atom stereocenters. The highest BCUT2D eigenvalue weighted by Crippen LogP contribution is 2.20. The second kappa shape index (κ2) is 4.91. The van der Waals surface area contributed by atoms with E-state index in [-0.39, 0.29) is 11.4 Å². The van der Waals surface area contributed by atoms with E-state index in [1.165, 1.54) is 6.20 Å². The van der Waals surface area contributed by atoms with Crippen LogP contribution >= 0.6 is 0 Å². The molecule has 0 aliphatic carbocycles. The Morgan fingerprint density at radius 1 is 1.61 bits per heavy atom. The van der Waals surface area contributed by atoms with Crippen LogP contribution in [0.3, 0.4) is 0 Å². The lowest BCUT2D eigenvalue weighted by molar-refractivity contribution is 0.0890. The fourth-order valence-electron chi connectivity index (χ4n) is 1.97. The minimum absolute atomic E-state index is 0.191. The number of ether oxygens (including phenoxy) is 1. The Bertz CT molecular complexity index is 455. The van der Waals surface area contributed by atoms with Crippen molar-refractivity contribution in [2.75, 3.05) is 18.6 Å². The van der Waals surface area contributed by atoms with E-state index in [4.69, 9.17) is 10.6 Å². The van der Waals surface area contributed by atoms with Crippen LogP contribution in [0.2, 0.25) is 0 Å². The van der Waals surface area contributed by atoms with E-state index < -0.39 is 0 Å². The van der Waals surface area contributed by atoms with E-state index in [0.717, 1.165) is 12.1 Å². The number of hydrogen-bond acceptors (Lipinski definition) is 5. The van der Waals surface area contributed by atoms with Gasteiger partial charge in [-0.1, -0.05) is 0 Å². The second-order valence-corrected chi connectivity index (χ2v) is 4.83. The molecule has 1 aliphatic rings. The van der Waals surface area contributed by atoms with Crippen molar-refractivity contribution in [3.8, 4) is 0 Å². The summed E-state index contributed by atoms with van der Waals surface area (Å²) in [5.41, 5.74) is 4.02. The van der Waals surface area contributed by atoms with Crippen molar-refractivity contribution in [2.24, 2.45) is 5.84 Å². The van der Waals surface area contributed by atoms with E-state index >= 15 is 0 Å². The third-order valence-corrected chi connectivity index (χ3v) is 3.07. The zero-order valence-electron chi connectivity index (χ0n) is 10.6. The lowest BCUT2D eigenvalue weighted by Crippen LogP contribution is -2.46. The maximum absolute atomic E-state index is 12.2. The van der Waals surface area contributed by atoms with E-state index in [1.54, 1.807) is 6.07 Å². The molecule has 6 heteroatoms. The Labute approximate surface area is 106 Å². The summed E-state index contributed by atoms with van der Waals surface area (Å²) in [5.74, 6) is 5.22. The summed E-state index contributed by atoms with van der Waals surface area (Å²) in [6.45, 7) is 5.01. The van der Waals surface area contributed by atoms with Crippen LogP contribution in [0.1, 0.15) is 29.4 Å². The van der Waals surface area contributed by atoms with Gasteiger partial charge in [-0.25, -0.2) is 0 Å². The first-order valence-electron chi connectivity index (χ1n) is 5.88. The minimum Gasteiger partial charge on any atom is -0.379 e. The van der Waals surface area contributed by atoms with Crippen molar-refractivity contribution in [3.05, 3.63) is 23.5 Å². The van der Waals surface area contributed by atoms with Crippen LogP contribution in [-0.4, -0.2) is 29.6 Å². The summed E-state index contributed by atoms with van der Waals surface area (Å²) in [6, 6.07) is 1.74. The molecule has 1 aliphatic heterocycles. The number of rotatable bonds is 3. The van der Waals surface area contributed by atoms with Gasteiger partial charge >= 0.3 is 0 Å². The Hall–Kier alpha value is -1.66. The second-order valence-electron chi connectivity index (χ2n) is 4.83. The van der Waals surface area contributed by atoms with E-state index in [0.29, 0.717) is 24.5 Å². The number of aromatic nitrogens is 1. The molecule has 0 spiro atoms. The first kappa shape index (κ1) is 12.8. The highest BCUT2D eigenvalue weighted by atomic mass is 16.5. The molecule has 0 saturated carbocycles. The van der Waals surface area contributed by atoms with Crippen molar-refractivity contribution < 1.29 is 9.53 Å². The third kappa shape index (κ3) is 2.60. The number of pyridine rings is 1. The Balaban J connectivity index is 2.18. The zero-order valence-corrected chi connectivity index (χ0v) is 10.6. The fraction of sp³-hybridized carbons (Fsp3) is 0.500. The van der Waals surface area contributed by atoms with Crippen LogP contribution in [0.4, 0.5) is 5.69 Å². The van der Waals surface area contributed by atoms with Gasteiger partial charge in [-0.2, -0.15) is 0 Å². The molecule has 0 radical (unpaired) electrons. The first-order chi connectivity index (χ1) is 8.54. The van der Waals surface area contributed by atoms with E-state index in [9.17, 15) is 4.79 Å². The van der Waals surface area contributed by atoms with Crippen LogP contribution in [0.25, 0.3) is 0 Å². The summed E-state index contributed by atoms with van der Waals surface area (Å²) in [6.07, 6.45) is 2.34. The van der Waals surface area contributed by atoms with E-state index in [2.05, 4.69) is 15.7 Å². The predicted octanol–water partition coefficient (Wildman–Crippen LogP) is 0.584. The van der Waals surface area contributed by atoms with Crippen molar-refractivity contribution in [3.63, 3.8) is 0 Å². The summed E-state index contributed by atoms with van der Waals surface area (Å²) in [4.78, 5) is 16.3. The number of carbonyl (C=O) groups excluding carboxylic acids is 1. The quantitative estimate of drug-likeness (QED) is 0.539. The van der Waals surface area contributed by atoms with Gasteiger partial charge in [-0.3, -0.25) is 15.6 Å². The molecular formula is C12H18N4O2. The summed E-state index contributed by atoms with van der Waals surface area (Å²) in [5, 5.41) is 2.97. The standard InChI is InChI=1S/C12H18N4O2/c1-8-5-10(16-13)9(6-14-8)11(17)15-12(2)3-4-18-7-12/h5-6H,3-4,7,13H2,1-2H3,(H,14,16)(H,15,17). The molecule has 1 fully saturated rings. The smallest absolute Gasteiger partial charge is 0.255 e. The van der Waals surface area contributed by atoms with Crippen LogP contribution in [-0.2, 0) is 4.74 Å². The molecule has 2 rings (SSSR count). The molecule has 98 valence electrons. The Kier molecular flexibility index (Phi) is 3.49. The number of hydrazine groups is 1. The molecule has 0 aromatic carbocycles. The van der Waals surface area contributed by atoms with Crippen molar-refractivity contribution in [2.45, 2.75) is 25.8 Å². The lowest BCUT2D eigenvalue weighted by atomic mass is 10.0. The van der Waals surface area contributed by atoms with Gasteiger partial charge < -0.3 is 15.5 Å². The topological polar surface area (TPSA) is 89.3 Å². The summed E-state index contributed by atoms with van der Waals surface area (Å²) < 4.78 is 5.30. The van der Waals surface area contributed by atoms with Gasteiger partial charge in [0, 0.05) is 18.5 Å². The van der Waals surface area contributed by atoms with Crippen LogP contribution < -0.4 is 16.6 Å². The van der Waals surface area contributed by atoms with Gasteiger partial charge in [-0.05, 0) is 26.3 Å². The highest BCUT2D eigenvalue weighted by Gasteiger charge is 2.32. The molecule has 4 N–H and O–H groups in total. The molecule has 1 unspecified atom stereocenters. The molecule has 2 heterocycles. The summed E-state index contributed by atoms with van der Waals surface area (Å²) >= 11 is 0. The normalized spacial score (nSPS) is 22.8. The van der Waals surface area contributed by atoms with Crippen LogP contribution in [0, 0.1) is 6.92 Å². The monoisotopic (exact) mass is 250 g/mol. The number of nitrogens with one attached hydrogen (secondary N) is 2. The zero-order chi connectivity index (χ0) is 13.2. The first-order valence-corrected chi connectivity index (χ1v) is 5.88. The van der Waals surface area contributed by atoms with Crippen molar-refractivity contribution >= 4 is 11.6 Å². The molecule has 18 heavy (non-hydrogen) atoms. The van der Waals surface area contributed by atoms with Crippen molar-refractivity contribution in [1.29, 1.82) is 0 Å². The number of hydrogen-bond donors (Lipinski definition) is 3. The summed E-state index contributed by atoms with van der Waals surface area (Å²) in [7, 11) is 0. The SMILES string of the molecule is Cc1cc(NN)c(C(=O)NC2(C)CCOC2)cn1. The molecule has 1 amide bonds. The van der Waals surface area contributed by atoms with Crippen LogP contribution in [0.15, 0.2) is 12.3 Å².